The molecule has 0 heterocycles. The van der Waals surface area contributed by atoms with Gasteiger partial charge in [0.25, 0.3) is 0 Å². The van der Waals surface area contributed by atoms with Gasteiger partial charge in [0.2, 0.25) is 0 Å². The van der Waals surface area contributed by atoms with Gasteiger partial charge in [-0.3, -0.25) is 5.26 Å². The van der Waals surface area contributed by atoms with E-state index in [2.05, 4.69) is 11.8 Å². The Bertz CT molecular complexity index is 155. The van der Waals surface area contributed by atoms with E-state index in [0.717, 1.165) is 32.1 Å². The molecule has 1 N–H and O–H groups in total. The summed E-state index contributed by atoms with van der Waals surface area (Å²) in [6, 6.07) is 0. The fourth-order valence-electron chi connectivity index (χ4n) is 1.97. The van der Waals surface area contributed by atoms with E-state index in [4.69, 9.17) is 15.0 Å². The lowest BCUT2D eigenvalue weighted by Gasteiger charge is -2.29. The Labute approximate surface area is 91.4 Å². The summed E-state index contributed by atoms with van der Waals surface area (Å²) < 4.78 is 0. The van der Waals surface area contributed by atoms with E-state index in [9.17, 15) is 0 Å². The van der Waals surface area contributed by atoms with Crippen LogP contribution < -0.4 is 0 Å². The van der Waals surface area contributed by atoms with Crippen LogP contribution in [-0.2, 0) is 14.7 Å². The first-order valence-electron chi connectivity index (χ1n) is 5.86. The van der Waals surface area contributed by atoms with Gasteiger partial charge in [0.15, 0.2) is 0 Å². The van der Waals surface area contributed by atoms with Gasteiger partial charge < -0.3 is 0 Å². The Hall–Kier alpha value is -0.160. The first-order valence-corrected chi connectivity index (χ1v) is 5.86. The molecule has 0 radical (unpaired) electrons. The third-order valence-electron chi connectivity index (χ3n) is 3.04. The molecule has 0 bridgehead atoms. The third-order valence-corrected chi connectivity index (χ3v) is 3.04. The topological polar surface area (TPSA) is 47.9 Å². The highest BCUT2D eigenvalue weighted by Gasteiger charge is 2.26. The van der Waals surface area contributed by atoms with E-state index in [1.54, 1.807) is 0 Å². The molecular weight excluding hydrogens is 196 g/mol. The molecule has 4 heteroatoms. The Balaban J connectivity index is 2.12. The van der Waals surface area contributed by atoms with E-state index < -0.39 is 0 Å². The van der Waals surface area contributed by atoms with Crippen molar-refractivity contribution in [3.63, 3.8) is 0 Å². The van der Waals surface area contributed by atoms with Crippen LogP contribution in [0.1, 0.15) is 46.0 Å². The van der Waals surface area contributed by atoms with Gasteiger partial charge in [-0.15, -0.1) is 0 Å². The average molecular weight is 218 g/mol. The molecule has 0 amide bonds. The highest BCUT2D eigenvalue weighted by molar-refractivity contribution is 4.75. The van der Waals surface area contributed by atoms with Crippen molar-refractivity contribution < 1.29 is 19.9 Å². The summed E-state index contributed by atoms with van der Waals surface area (Å²) in [6.45, 7) is 4.62. The van der Waals surface area contributed by atoms with Crippen LogP contribution in [0, 0.1) is 5.92 Å². The molecule has 0 aromatic carbocycles. The summed E-state index contributed by atoms with van der Waals surface area (Å²) in [6.07, 6.45) is 5.17. The summed E-state index contributed by atoms with van der Waals surface area (Å²) in [5.74, 6) is 0.445. The number of hydrogen-bond donors (Lipinski definition) is 1. The maximum atomic E-state index is 8.57. The minimum absolute atomic E-state index is 0.0671. The Kier molecular flexibility index (Phi) is 6.17. The molecule has 90 valence electrons. The molecule has 0 spiro atoms. The van der Waals surface area contributed by atoms with Crippen molar-refractivity contribution in [3.8, 4) is 0 Å². The lowest BCUT2D eigenvalue weighted by Crippen LogP contribution is -2.28. The SMILES string of the molecule is CCCOOC1CCC(C(C)OO)CC1. The van der Waals surface area contributed by atoms with Crippen molar-refractivity contribution in [3.05, 3.63) is 0 Å². The van der Waals surface area contributed by atoms with Gasteiger partial charge in [-0.05, 0) is 44.9 Å². The zero-order valence-electron chi connectivity index (χ0n) is 9.65. The summed E-state index contributed by atoms with van der Waals surface area (Å²) in [4.78, 5) is 14.7. The molecule has 1 aliphatic rings. The molecule has 1 saturated carbocycles. The second kappa shape index (κ2) is 7.17. The van der Waals surface area contributed by atoms with Gasteiger partial charge in [-0.25, -0.2) is 14.7 Å². The zero-order chi connectivity index (χ0) is 11.1. The predicted molar refractivity (Wildman–Crippen MR) is 56.2 cm³/mol. The van der Waals surface area contributed by atoms with Crippen molar-refractivity contribution in [1.82, 2.24) is 0 Å². The molecule has 1 fully saturated rings. The minimum atomic E-state index is -0.0671. The number of hydrogen-bond acceptors (Lipinski definition) is 4. The minimum Gasteiger partial charge on any atom is -0.252 e. The van der Waals surface area contributed by atoms with Crippen LogP contribution in [0.15, 0.2) is 0 Å². The molecule has 0 saturated heterocycles. The Morgan fingerprint density at radius 2 is 1.93 bits per heavy atom. The molecule has 1 rings (SSSR count). The highest BCUT2D eigenvalue weighted by atomic mass is 17.2. The van der Waals surface area contributed by atoms with Crippen LogP contribution in [0.2, 0.25) is 0 Å². The average Bonchev–Trinajstić information content (AvgIpc) is 2.29. The fraction of sp³-hybridized carbons (Fsp3) is 1.00. The van der Waals surface area contributed by atoms with Crippen LogP contribution >= 0.6 is 0 Å². The van der Waals surface area contributed by atoms with Crippen LogP contribution in [0.25, 0.3) is 0 Å². The van der Waals surface area contributed by atoms with Crippen LogP contribution in [-0.4, -0.2) is 24.1 Å². The first-order chi connectivity index (χ1) is 7.27. The van der Waals surface area contributed by atoms with Crippen molar-refractivity contribution in [1.29, 1.82) is 0 Å². The molecule has 0 aromatic heterocycles. The third kappa shape index (κ3) is 4.47. The molecule has 1 aliphatic carbocycles. The second-order valence-corrected chi connectivity index (χ2v) is 4.27. The van der Waals surface area contributed by atoms with Crippen LogP contribution in [0.4, 0.5) is 0 Å². The van der Waals surface area contributed by atoms with E-state index in [1.807, 2.05) is 6.92 Å². The lowest BCUT2D eigenvalue weighted by atomic mass is 9.84. The zero-order valence-corrected chi connectivity index (χ0v) is 9.65. The molecule has 4 nitrogen and oxygen atoms in total. The van der Waals surface area contributed by atoms with Crippen molar-refractivity contribution in [2.45, 2.75) is 58.2 Å². The lowest BCUT2D eigenvalue weighted by molar-refractivity contribution is -0.333. The Morgan fingerprint density at radius 1 is 1.27 bits per heavy atom. The van der Waals surface area contributed by atoms with Gasteiger partial charge in [0.05, 0.1) is 18.8 Å². The predicted octanol–water partition coefficient (Wildman–Crippen LogP) is 2.78. The van der Waals surface area contributed by atoms with Gasteiger partial charge >= 0.3 is 0 Å². The van der Waals surface area contributed by atoms with E-state index in [-0.39, 0.29) is 12.2 Å². The van der Waals surface area contributed by atoms with Crippen molar-refractivity contribution >= 4 is 0 Å². The quantitative estimate of drug-likeness (QED) is 0.423. The summed E-state index contributed by atoms with van der Waals surface area (Å²) in [5.41, 5.74) is 0. The normalized spacial score (nSPS) is 29.0. The van der Waals surface area contributed by atoms with Crippen molar-refractivity contribution in [2.24, 2.45) is 5.92 Å². The van der Waals surface area contributed by atoms with Gasteiger partial charge in [0.1, 0.15) is 0 Å². The molecule has 0 aliphatic heterocycles. The molecule has 0 aromatic rings. The summed E-state index contributed by atoms with van der Waals surface area (Å²) in [5, 5.41) is 8.57. The van der Waals surface area contributed by atoms with Crippen LogP contribution in [0.5, 0.6) is 0 Å². The second-order valence-electron chi connectivity index (χ2n) is 4.27. The van der Waals surface area contributed by atoms with Gasteiger partial charge in [-0.1, -0.05) is 6.92 Å². The molecule has 1 unspecified atom stereocenters. The molecular formula is C11H22O4. The van der Waals surface area contributed by atoms with E-state index in [0.29, 0.717) is 12.5 Å². The molecule has 15 heavy (non-hydrogen) atoms. The monoisotopic (exact) mass is 218 g/mol. The number of rotatable bonds is 6. The van der Waals surface area contributed by atoms with Gasteiger partial charge in [0, 0.05) is 0 Å². The molecule has 1 atom stereocenters. The standard InChI is InChI=1S/C11H22O4/c1-3-8-13-15-11-6-4-10(5-7-11)9(2)14-12/h9-12H,3-8H2,1-2H3. The van der Waals surface area contributed by atoms with Gasteiger partial charge in [-0.2, -0.15) is 0 Å². The summed E-state index contributed by atoms with van der Waals surface area (Å²) >= 11 is 0. The fourth-order valence-corrected chi connectivity index (χ4v) is 1.97. The van der Waals surface area contributed by atoms with E-state index >= 15 is 0 Å². The smallest absolute Gasteiger partial charge is 0.0930 e. The first kappa shape index (κ1) is 12.9. The highest BCUT2D eigenvalue weighted by Crippen LogP contribution is 2.29. The van der Waals surface area contributed by atoms with E-state index in [1.165, 1.54) is 0 Å². The maximum absolute atomic E-state index is 8.57. The van der Waals surface area contributed by atoms with Crippen molar-refractivity contribution in [2.75, 3.05) is 6.61 Å². The maximum Gasteiger partial charge on any atom is 0.0930 e. The summed E-state index contributed by atoms with van der Waals surface area (Å²) in [7, 11) is 0. The largest absolute Gasteiger partial charge is 0.252 e. The van der Waals surface area contributed by atoms with Crippen LogP contribution in [0.3, 0.4) is 0 Å². The Morgan fingerprint density at radius 3 is 2.47 bits per heavy atom.